The molecule has 1 saturated carbocycles. The number of rotatable bonds is 3. The van der Waals surface area contributed by atoms with Gasteiger partial charge in [-0.05, 0) is 53.7 Å². The van der Waals surface area contributed by atoms with Gasteiger partial charge in [-0.3, -0.25) is 4.79 Å². The minimum Gasteiger partial charge on any atom is -0.481 e. The first-order chi connectivity index (χ1) is 6.55. The Balaban J connectivity index is 2.40. The molecular weight excluding hydrogens is 264 g/mol. The van der Waals surface area contributed by atoms with E-state index in [9.17, 15) is 9.90 Å². The van der Waals surface area contributed by atoms with Gasteiger partial charge in [0.05, 0.1) is 3.79 Å². The number of halogens is 1. The molecule has 1 aliphatic rings. The van der Waals surface area contributed by atoms with Gasteiger partial charge >= 0.3 is 5.97 Å². The van der Waals surface area contributed by atoms with Crippen molar-refractivity contribution in [1.29, 1.82) is 0 Å². The molecule has 76 valence electrons. The van der Waals surface area contributed by atoms with Crippen LogP contribution in [-0.2, 0) is 10.2 Å². The van der Waals surface area contributed by atoms with Crippen LogP contribution in [0.1, 0.15) is 24.6 Å². The van der Waals surface area contributed by atoms with Gasteiger partial charge in [-0.1, -0.05) is 0 Å². The predicted octanol–water partition coefficient (Wildman–Crippen LogP) is 3.26. The molecule has 14 heavy (non-hydrogen) atoms. The fourth-order valence-corrected chi connectivity index (χ4v) is 3.34. The molecule has 0 aliphatic heterocycles. The van der Waals surface area contributed by atoms with Crippen LogP contribution >= 0.6 is 27.3 Å². The van der Waals surface area contributed by atoms with Gasteiger partial charge in [-0.15, -0.1) is 11.3 Å². The molecule has 1 aromatic rings. The van der Waals surface area contributed by atoms with Gasteiger partial charge in [0.1, 0.15) is 5.41 Å². The zero-order valence-electron chi connectivity index (χ0n) is 7.79. The van der Waals surface area contributed by atoms with Crippen LogP contribution in [0.5, 0.6) is 0 Å². The highest BCUT2D eigenvalue weighted by Crippen LogP contribution is 2.49. The molecule has 0 aromatic carbocycles. The molecule has 1 aliphatic carbocycles. The second-order valence-corrected chi connectivity index (χ2v) is 6.35. The van der Waals surface area contributed by atoms with Crippen LogP contribution in [0.15, 0.2) is 15.9 Å². The van der Waals surface area contributed by atoms with Crippen LogP contribution in [0.3, 0.4) is 0 Å². The molecule has 1 heterocycles. The lowest BCUT2D eigenvalue weighted by molar-refractivity contribution is -0.143. The normalized spacial score (nSPS) is 20.4. The largest absolute Gasteiger partial charge is 0.481 e. The summed E-state index contributed by atoms with van der Waals surface area (Å²) >= 11 is 4.90. The summed E-state index contributed by atoms with van der Waals surface area (Å²) in [6.45, 7) is 1.84. The van der Waals surface area contributed by atoms with Gasteiger partial charge < -0.3 is 5.11 Å². The van der Waals surface area contributed by atoms with Crippen molar-refractivity contribution in [3.63, 3.8) is 0 Å². The van der Waals surface area contributed by atoms with E-state index in [1.54, 1.807) is 0 Å². The standard InChI is InChI=1S/C10H11BrO2S/c1-10(9(12)13,6-2-3-6)7-4-5-8(11)14-7/h4-6H,2-3H2,1H3,(H,12,13). The summed E-state index contributed by atoms with van der Waals surface area (Å²) in [6, 6.07) is 3.84. The second-order valence-electron chi connectivity index (χ2n) is 3.89. The topological polar surface area (TPSA) is 37.3 Å². The summed E-state index contributed by atoms with van der Waals surface area (Å²) in [4.78, 5) is 12.3. The number of thiophene rings is 1. The molecule has 1 unspecified atom stereocenters. The number of aliphatic carboxylic acids is 1. The van der Waals surface area contributed by atoms with Gasteiger partial charge in [-0.2, -0.15) is 0 Å². The number of carbonyl (C=O) groups is 1. The third-order valence-electron chi connectivity index (χ3n) is 2.92. The van der Waals surface area contributed by atoms with E-state index in [1.807, 2.05) is 19.1 Å². The molecule has 0 saturated heterocycles. The third kappa shape index (κ3) is 1.50. The van der Waals surface area contributed by atoms with E-state index in [-0.39, 0.29) is 0 Å². The smallest absolute Gasteiger partial charge is 0.314 e. The van der Waals surface area contributed by atoms with Crippen LogP contribution in [0.2, 0.25) is 0 Å². The molecule has 1 N–H and O–H groups in total. The van der Waals surface area contributed by atoms with Crippen molar-refractivity contribution in [1.82, 2.24) is 0 Å². The molecular formula is C10H11BrO2S. The van der Waals surface area contributed by atoms with Gasteiger partial charge in [0.25, 0.3) is 0 Å². The summed E-state index contributed by atoms with van der Waals surface area (Å²) in [5.74, 6) is -0.375. The first kappa shape index (κ1) is 10.2. The zero-order valence-corrected chi connectivity index (χ0v) is 10.2. The van der Waals surface area contributed by atoms with Crippen molar-refractivity contribution in [2.75, 3.05) is 0 Å². The van der Waals surface area contributed by atoms with Crippen molar-refractivity contribution < 1.29 is 9.90 Å². The van der Waals surface area contributed by atoms with E-state index in [1.165, 1.54) is 11.3 Å². The van der Waals surface area contributed by atoms with E-state index in [4.69, 9.17) is 0 Å². The van der Waals surface area contributed by atoms with Crippen molar-refractivity contribution in [3.8, 4) is 0 Å². The first-order valence-corrected chi connectivity index (χ1v) is 6.15. The SMILES string of the molecule is CC(C(=O)O)(c1ccc(Br)s1)C1CC1. The maximum Gasteiger partial charge on any atom is 0.314 e. The van der Waals surface area contributed by atoms with Crippen LogP contribution < -0.4 is 0 Å². The van der Waals surface area contributed by atoms with Crippen molar-refractivity contribution in [2.45, 2.75) is 25.2 Å². The molecule has 1 fully saturated rings. The number of carboxylic acids is 1. The van der Waals surface area contributed by atoms with E-state index in [2.05, 4.69) is 15.9 Å². The molecule has 1 atom stereocenters. The second kappa shape index (κ2) is 3.35. The number of hydrogen-bond donors (Lipinski definition) is 1. The zero-order chi connectivity index (χ0) is 10.3. The minimum absolute atomic E-state index is 0.325. The van der Waals surface area contributed by atoms with E-state index in [0.717, 1.165) is 21.5 Å². The average Bonchev–Trinajstić information content (AvgIpc) is 2.88. The fourth-order valence-electron chi connectivity index (χ4n) is 1.74. The predicted molar refractivity (Wildman–Crippen MR) is 59.7 cm³/mol. The van der Waals surface area contributed by atoms with Crippen LogP contribution in [0.25, 0.3) is 0 Å². The van der Waals surface area contributed by atoms with Crippen LogP contribution in [0, 0.1) is 5.92 Å². The van der Waals surface area contributed by atoms with Gasteiger partial charge in [0.15, 0.2) is 0 Å². The Bertz CT molecular complexity index is 370. The Morgan fingerprint density at radius 1 is 1.64 bits per heavy atom. The Hall–Kier alpha value is -0.350. The van der Waals surface area contributed by atoms with Gasteiger partial charge in [0, 0.05) is 4.88 Å². The highest BCUT2D eigenvalue weighted by Gasteiger charge is 2.49. The lowest BCUT2D eigenvalue weighted by Crippen LogP contribution is -2.33. The molecule has 0 amide bonds. The number of hydrogen-bond acceptors (Lipinski definition) is 2. The lowest BCUT2D eigenvalue weighted by atomic mass is 9.83. The molecule has 1 aromatic heterocycles. The quantitative estimate of drug-likeness (QED) is 0.919. The summed E-state index contributed by atoms with van der Waals surface area (Å²) in [6.07, 6.45) is 2.08. The summed E-state index contributed by atoms with van der Waals surface area (Å²) in [7, 11) is 0. The van der Waals surface area contributed by atoms with Crippen molar-refractivity contribution in [2.24, 2.45) is 5.92 Å². The lowest BCUT2D eigenvalue weighted by Gasteiger charge is -2.22. The van der Waals surface area contributed by atoms with Crippen LogP contribution in [0.4, 0.5) is 0 Å². The number of carboxylic acid groups (broad SMARTS) is 1. The first-order valence-electron chi connectivity index (χ1n) is 4.54. The monoisotopic (exact) mass is 274 g/mol. The third-order valence-corrected chi connectivity index (χ3v) is 4.78. The van der Waals surface area contributed by atoms with Gasteiger partial charge in [-0.25, -0.2) is 0 Å². The van der Waals surface area contributed by atoms with Crippen molar-refractivity contribution in [3.05, 3.63) is 20.8 Å². The fraction of sp³-hybridized carbons (Fsp3) is 0.500. The molecule has 2 nitrogen and oxygen atoms in total. The van der Waals surface area contributed by atoms with E-state index in [0.29, 0.717) is 5.92 Å². The van der Waals surface area contributed by atoms with E-state index >= 15 is 0 Å². The molecule has 0 spiro atoms. The highest BCUT2D eigenvalue weighted by molar-refractivity contribution is 9.11. The van der Waals surface area contributed by atoms with Crippen LogP contribution in [-0.4, -0.2) is 11.1 Å². The van der Waals surface area contributed by atoms with Gasteiger partial charge in [0.2, 0.25) is 0 Å². The highest BCUT2D eigenvalue weighted by atomic mass is 79.9. The maximum absolute atomic E-state index is 11.3. The van der Waals surface area contributed by atoms with E-state index < -0.39 is 11.4 Å². The minimum atomic E-state index is -0.700. The molecule has 4 heteroatoms. The summed E-state index contributed by atoms with van der Waals surface area (Å²) in [5, 5.41) is 9.30. The summed E-state index contributed by atoms with van der Waals surface area (Å²) < 4.78 is 1.00. The molecule has 0 bridgehead atoms. The summed E-state index contributed by atoms with van der Waals surface area (Å²) in [5.41, 5.74) is -0.670. The maximum atomic E-state index is 11.3. The molecule has 0 radical (unpaired) electrons. The Labute approximate surface area is 95.1 Å². The van der Waals surface area contributed by atoms with Crippen molar-refractivity contribution >= 4 is 33.2 Å². The Morgan fingerprint density at radius 3 is 2.64 bits per heavy atom. The Morgan fingerprint density at radius 2 is 2.29 bits per heavy atom. The molecule has 2 rings (SSSR count). The Kier molecular flexibility index (Phi) is 2.43. The average molecular weight is 275 g/mol.